The maximum atomic E-state index is 13.5. The molecular formula is C13H15FN2O. The van der Waals surface area contributed by atoms with E-state index in [1.165, 1.54) is 12.1 Å². The highest BCUT2D eigenvalue weighted by molar-refractivity contribution is 5.50. The maximum Gasteiger partial charge on any atom is 0.143 e. The van der Waals surface area contributed by atoms with Gasteiger partial charge in [-0.05, 0) is 38.5 Å². The fourth-order valence-electron chi connectivity index (χ4n) is 2.01. The Kier molecular flexibility index (Phi) is 3.03. The van der Waals surface area contributed by atoms with E-state index in [1.807, 2.05) is 6.92 Å². The molecule has 1 aromatic rings. The minimum absolute atomic E-state index is 0.0661. The molecule has 1 N–H and O–H groups in total. The summed E-state index contributed by atoms with van der Waals surface area (Å²) in [7, 11) is 0. The Labute approximate surface area is 100 Å². The van der Waals surface area contributed by atoms with Gasteiger partial charge in [0, 0.05) is 12.3 Å². The molecule has 0 radical (unpaired) electrons. The highest BCUT2D eigenvalue weighted by atomic mass is 19.1. The average Bonchev–Trinajstić information content (AvgIpc) is 2.59. The van der Waals surface area contributed by atoms with Gasteiger partial charge in [-0.1, -0.05) is 0 Å². The standard InChI is InChI=1S/C13H15FN2O/c1-9-13(2,5-6-17-9)16-11-4-3-10(8-15)12(14)7-11/h3-4,7,9,16H,5-6H2,1-2H3. The van der Waals surface area contributed by atoms with Gasteiger partial charge in [0.25, 0.3) is 0 Å². The summed E-state index contributed by atoms with van der Waals surface area (Å²) in [4.78, 5) is 0. The number of benzene rings is 1. The molecule has 1 heterocycles. The second kappa shape index (κ2) is 4.34. The molecule has 0 saturated carbocycles. The van der Waals surface area contributed by atoms with Crippen LogP contribution in [0.3, 0.4) is 0 Å². The zero-order valence-corrected chi connectivity index (χ0v) is 9.96. The first-order valence-electron chi connectivity index (χ1n) is 5.64. The molecule has 1 fully saturated rings. The molecule has 17 heavy (non-hydrogen) atoms. The Morgan fingerprint density at radius 2 is 2.35 bits per heavy atom. The zero-order chi connectivity index (χ0) is 12.5. The molecule has 2 rings (SSSR count). The van der Waals surface area contributed by atoms with Crippen LogP contribution in [-0.2, 0) is 4.74 Å². The number of hydrogen-bond donors (Lipinski definition) is 1. The van der Waals surface area contributed by atoms with Crippen LogP contribution in [0.5, 0.6) is 0 Å². The van der Waals surface area contributed by atoms with Crippen LogP contribution in [0, 0.1) is 17.1 Å². The van der Waals surface area contributed by atoms with Gasteiger partial charge < -0.3 is 10.1 Å². The fourth-order valence-corrected chi connectivity index (χ4v) is 2.01. The van der Waals surface area contributed by atoms with Gasteiger partial charge in [0.05, 0.1) is 17.2 Å². The number of hydrogen-bond acceptors (Lipinski definition) is 3. The molecule has 90 valence electrons. The first kappa shape index (κ1) is 11.9. The third-order valence-corrected chi connectivity index (χ3v) is 3.41. The summed E-state index contributed by atoms with van der Waals surface area (Å²) in [5, 5.41) is 11.9. The number of nitrogens with one attached hydrogen (secondary N) is 1. The van der Waals surface area contributed by atoms with Crippen molar-refractivity contribution in [2.75, 3.05) is 11.9 Å². The van der Waals surface area contributed by atoms with Gasteiger partial charge in [-0.25, -0.2) is 4.39 Å². The molecule has 1 aliphatic heterocycles. The summed E-state index contributed by atoms with van der Waals surface area (Å²) in [6.45, 7) is 4.77. The van der Waals surface area contributed by atoms with E-state index in [1.54, 1.807) is 12.1 Å². The molecule has 0 spiro atoms. The average molecular weight is 234 g/mol. The van der Waals surface area contributed by atoms with E-state index in [2.05, 4.69) is 12.2 Å². The summed E-state index contributed by atoms with van der Waals surface area (Å²) >= 11 is 0. The molecular weight excluding hydrogens is 219 g/mol. The maximum absolute atomic E-state index is 13.5. The third-order valence-electron chi connectivity index (χ3n) is 3.41. The number of nitrogens with zero attached hydrogens (tertiary/aromatic N) is 1. The molecule has 2 unspecified atom stereocenters. The smallest absolute Gasteiger partial charge is 0.143 e. The van der Waals surface area contributed by atoms with E-state index in [0.29, 0.717) is 12.3 Å². The van der Waals surface area contributed by atoms with E-state index in [9.17, 15) is 4.39 Å². The number of ether oxygens (including phenoxy) is 1. The van der Waals surface area contributed by atoms with E-state index < -0.39 is 5.82 Å². The largest absolute Gasteiger partial charge is 0.377 e. The van der Waals surface area contributed by atoms with Crippen LogP contribution in [0.1, 0.15) is 25.8 Å². The topological polar surface area (TPSA) is 45.0 Å². The van der Waals surface area contributed by atoms with Crippen molar-refractivity contribution in [3.63, 3.8) is 0 Å². The molecule has 2 atom stereocenters. The van der Waals surface area contributed by atoms with Crippen molar-refractivity contribution < 1.29 is 9.13 Å². The lowest BCUT2D eigenvalue weighted by atomic mass is 9.94. The van der Waals surface area contributed by atoms with Gasteiger partial charge in [-0.15, -0.1) is 0 Å². The fraction of sp³-hybridized carbons (Fsp3) is 0.462. The van der Waals surface area contributed by atoms with E-state index in [-0.39, 0.29) is 17.2 Å². The number of nitriles is 1. The zero-order valence-electron chi connectivity index (χ0n) is 9.96. The van der Waals surface area contributed by atoms with Gasteiger partial charge >= 0.3 is 0 Å². The first-order chi connectivity index (χ1) is 8.05. The number of halogens is 1. The van der Waals surface area contributed by atoms with E-state index in [0.717, 1.165) is 6.42 Å². The van der Waals surface area contributed by atoms with Gasteiger partial charge in [-0.3, -0.25) is 0 Å². The van der Waals surface area contributed by atoms with Crippen LogP contribution in [0.4, 0.5) is 10.1 Å². The van der Waals surface area contributed by atoms with Crippen LogP contribution in [0.15, 0.2) is 18.2 Å². The first-order valence-corrected chi connectivity index (χ1v) is 5.64. The van der Waals surface area contributed by atoms with Crippen LogP contribution in [0.25, 0.3) is 0 Å². The van der Waals surface area contributed by atoms with E-state index in [4.69, 9.17) is 10.00 Å². The Balaban J connectivity index is 2.20. The summed E-state index contributed by atoms with van der Waals surface area (Å²) in [6.07, 6.45) is 0.969. The molecule has 3 nitrogen and oxygen atoms in total. The van der Waals surface area contributed by atoms with Crippen molar-refractivity contribution in [2.24, 2.45) is 0 Å². The minimum Gasteiger partial charge on any atom is -0.377 e. The molecule has 0 aromatic heterocycles. The van der Waals surface area contributed by atoms with Crippen LogP contribution in [0.2, 0.25) is 0 Å². The minimum atomic E-state index is -0.493. The van der Waals surface area contributed by atoms with Gasteiger partial charge in [0.2, 0.25) is 0 Å². The van der Waals surface area contributed by atoms with Crippen molar-refractivity contribution in [3.05, 3.63) is 29.6 Å². The summed E-state index contributed by atoms with van der Waals surface area (Å²) in [5.74, 6) is -0.493. The summed E-state index contributed by atoms with van der Waals surface area (Å²) < 4.78 is 19.0. The van der Waals surface area contributed by atoms with Crippen molar-refractivity contribution >= 4 is 5.69 Å². The quantitative estimate of drug-likeness (QED) is 0.855. The Morgan fingerprint density at radius 3 is 2.88 bits per heavy atom. The van der Waals surface area contributed by atoms with Crippen LogP contribution >= 0.6 is 0 Å². The molecule has 1 saturated heterocycles. The molecule has 4 heteroatoms. The number of anilines is 1. The van der Waals surface area contributed by atoms with Crippen molar-refractivity contribution in [1.29, 1.82) is 5.26 Å². The summed E-state index contributed by atoms with van der Waals surface area (Å²) in [6, 6.07) is 6.37. The predicted molar refractivity (Wildman–Crippen MR) is 63.2 cm³/mol. The predicted octanol–water partition coefficient (Wildman–Crippen LogP) is 2.68. The van der Waals surface area contributed by atoms with Crippen LogP contribution < -0.4 is 5.32 Å². The SMILES string of the molecule is CC1OCCC1(C)Nc1ccc(C#N)c(F)c1. The third kappa shape index (κ3) is 2.25. The van der Waals surface area contributed by atoms with Gasteiger partial charge in [0.15, 0.2) is 0 Å². The molecule has 1 aromatic carbocycles. The molecule has 0 aliphatic carbocycles. The van der Waals surface area contributed by atoms with Gasteiger partial charge in [0.1, 0.15) is 11.9 Å². The Bertz CT molecular complexity index is 469. The Hall–Kier alpha value is -1.60. The normalized spacial score (nSPS) is 27.8. The highest BCUT2D eigenvalue weighted by Crippen LogP contribution is 2.29. The molecule has 0 bridgehead atoms. The lowest BCUT2D eigenvalue weighted by molar-refractivity contribution is 0.105. The van der Waals surface area contributed by atoms with Crippen molar-refractivity contribution in [3.8, 4) is 6.07 Å². The van der Waals surface area contributed by atoms with Gasteiger partial charge in [-0.2, -0.15) is 5.26 Å². The number of rotatable bonds is 2. The lowest BCUT2D eigenvalue weighted by Gasteiger charge is -2.30. The second-order valence-electron chi connectivity index (χ2n) is 4.61. The Morgan fingerprint density at radius 1 is 1.59 bits per heavy atom. The second-order valence-corrected chi connectivity index (χ2v) is 4.61. The lowest BCUT2D eigenvalue weighted by Crippen LogP contribution is -2.41. The van der Waals surface area contributed by atoms with Crippen molar-refractivity contribution in [1.82, 2.24) is 0 Å². The molecule has 1 aliphatic rings. The summed E-state index contributed by atoms with van der Waals surface area (Å²) in [5.41, 5.74) is 0.568. The van der Waals surface area contributed by atoms with E-state index >= 15 is 0 Å². The monoisotopic (exact) mass is 234 g/mol. The van der Waals surface area contributed by atoms with Crippen molar-refractivity contribution in [2.45, 2.75) is 31.9 Å². The highest BCUT2D eigenvalue weighted by Gasteiger charge is 2.36. The van der Waals surface area contributed by atoms with Crippen LogP contribution in [-0.4, -0.2) is 18.2 Å². The molecule has 0 amide bonds.